The number of hydrogen-bond acceptors (Lipinski definition) is 3. The molecule has 0 saturated carbocycles. The molecule has 1 N–H and O–H groups in total. The fraction of sp³-hybridized carbons (Fsp3) is 0.304. The topological polar surface area (TPSA) is 58.6 Å². The van der Waals surface area contributed by atoms with E-state index in [1.165, 1.54) is 16.7 Å². The summed E-state index contributed by atoms with van der Waals surface area (Å²) in [7, 11) is 1.67. The molecule has 0 radical (unpaired) electrons. The molecule has 148 valence electrons. The predicted molar refractivity (Wildman–Crippen MR) is 113 cm³/mol. The molecule has 0 aromatic heterocycles. The monoisotopic (exact) mass is 380 g/mol. The Hall–Kier alpha value is -3.08. The van der Waals surface area contributed by atoms with Gasteiger partial charge in [0.2, 0.25) is 6.41 Å². The van der Waals surface area contributed by atoms with E-state index in [1.807, 2.05) is 30.3 Å². The van der Waals surface area contributed by atoms with Crippen molar-refractivity contribution in [3.63, 3.8) is 0 Å². The first-order valence-electron chi connectivity index (χ1n) is 9.23. The number of benzene rings is 2. The Kier molecular flexibility index (Phi) is 6.99. The number of amides is 3. The van der Waals surface area contributed by atoms with Gasteiger partial charge in [-0.25, -0.2) is 4.79 Å². The molecule has 0 spiro atoms. The molecule has 5 nitrogen and oxygen atoms in total. The van der Waals surface area contributed by atoms with Gasteiger partial charge >= 0.3 is 6.03 Å². The van der Waals surface area contributed by atoms with Crippen molar-refractivity contribution in [1.82, 2.24) is 5.32 Å². The minimum atomic E-state index is -0.552. The van der Waals surface area contributed by atoms with Gasteiger partial charge in [-0.3, -0.25) is 15.0 Å². The molecule has 2 aromatic carbocycles. The molecule has 28 heavy (non-hydrogen) atoms. The zero-order valence-electron chi connectivity index (χ0n) is 17.0. The molecule has 0 aliphatic carbocycles. The van der Waals surface area contributed by atoms with Crippen LogP contribution in [-0.4, -0.2) is 19.6 Å². The van der Waals surface area contributed by atoms with Gasteiger partial charge < -0.3 is 4.74 Å². The van der Waals surface area contributed by atoms with Crippen molar-refractivity contribution < 1.29 is 14.3 Å². The van der Waals surface area contributed by atoms with E-state index >= 15 is 0 Å². The highest BCUT2D eigenvalue weighted by atomic mass is 16.5. The third-order valence-corrected chi connectivity index (χ3v) is 4.55. The van der Waals surface area contributed by atoms with Gasteiger partial charge in [0.15, 0.2) is 0 Å². The highest BCUT2D eigenvalue weighted by Gasteiger charge is 2.24. The third kappa shape index (κ3) is 5.00. The van der Waals surface area contributed by atoms with Crippen LogP contribution in [0.25, 0.3) is 0 Å². The van der Waals surface area contributed by atoms with E-state index in [0.717, 1.165) is 29.7 Å². The summed E-state index contributed by atoms with van der Waals surface area (Å²) >= 11 is 0. The lowest BCUT2D eigenvalue weighted by molar-refractivity contribution is -0.108. The zero-order chi connectivity index (χ0) is 20.7. The van der Waals surface area contributed by atoms with Crippen molar-refractivity contribution in [1.29, 1.82) is 0 Å². The van der Waals surface area contributed by atoms with Gasteiger partial charge in [-0.15, -0.1) is 0 Å². The molecule has 0 unspecified atom stereocenters. The van der Waals surface area contributed by atoms with E-state index in [2.05, 4.69) is 44.8 Å². The first-order valence-corrected chi connectivity index (χ1v) is 9.23. The maximum atomic E-state index is 12.3. The number of urea groups is 1. The maximum absolute atomic E-state index is 12.3. The smallest absolute Gasteiger partial charge is 0.332 e. The van der Waals surface area contributed by atoms with Crippen LogP contribution in [0.15, 0.2) is 55.2 Å². The minimum absolute atomic E-state index is 0.198. The molecular weight excluding hydrogens is 352 g/mol. The Labute approximate surface area is 167 Å². The second-order valence-electron chi connectivity index (χ2n) is 7.54. The number of imide groups is 1. The summed E-state index contributed by atoms with van der Waals surface area (Å²) in [6, 6.07) is 13.5. The first kappa shape index (κ1) is 21.2. The number of hydrogen-bond donors (Lipinski definition) is 1. The average Bonchev–Trinajstić information content (AvgIpc) is 2.67. The molecule has 5 heteroatoms. The standard InChI is InChI=1S/C23H28N2O3/c1-6-25(22(27)24-16-26)19-14-18(13-12-17-10-8-7-9-11-17)21(28-5)20(15-19)23(2,3)4/h6-11,14-16H,1,12-13H2,2-5H3,(H,24,26,27). The number of carbonyl (C=O) groups excluding carboxylic acids is 2. The van der Waals surface area contributed by atoms with E-state index in [0.29, 0.717) is 12.1 Å². The quantitative estimate of drug-likeness (QED) is 0.715. The zero-order valence-corrected chi connectivity index (χ0v) is 17.0. The molecule has 0 aliphatic heterocycles. The summed E-state index contributed by atoms with van der Waals surface area (Å²) < 4.78 is 5.77. The van der Waals surface area contributed by atoms with Crippen molar-refractivity contribution >= 4 is 18.1 Å². The second-order valence-corrected chi connectivity index (χ2v) is 7.54. The largest absolute Gasteiger partial charge is 0.496 e. The Morgan fingerprint density at radius 1 is 1.18 bits per heavy atom. The van der Waals surface area contributed by atoms with Gasteiger partial charge in [0.1, 0.15) is 5.75 Å². The first-order chi connectivity index (χ1) is 13.3. The van der Waals surface area contributed by atoms with E-state index in [-0.39, 0.29) is 5.41 Å². The lowest BCUT2D eigenvalue weighted by Crippen LogP contribution is -2.35. The van der Waals surface area contributed by atoms with Gasteiger partial charge in [-0.05, 0) is 41.5 Å². The van der Waals surface area contributed by atoms with Gasteiger partial charge in [0.05, 0.1) is 12.8 Å². The lowest BCUT2D eigenvalue weighted by atomic mass is 9.84. The summed E-state index contributed by atoms with van der Waals surface area (Å²) in [6.45, 7) is 10.0. The van der Waals surface area contributed by atoms with Crippen LogP contribution >= 0.6 is 0 Å². The Bertz CT molecular complexity index is 839. The van der Waals surface area contributed by atoms with Crippen molar-refractivity contribution in [2.24, 2.45) is 0 Å². The van der Waals surface area contributed by atoms with Crippen molar-refractivity contribution in [3.8, 4) is 5.75 Å². The molecule has 0 fully saturated rings. The van der Waals surface area contributed by atoms with Crippen LogP contribution in [-0.2, 0) is 23.1 Å². The number of ether oxygens (including phenoxy) is 1. The van der Waals surface area contributed by atoms with E-state index in [4.69, 9.17) is 4.74 Å². The van der Waals surface area contributed by atoms with Gasteiger partial charge in [-0.2, -0.15) is 0 Å². The highest BCUT2D eigenvalue weighted by Crippen LogP contribution is 2.38. The van der Waals surface area contributed by atoms with Crippen LogP contribution in [0.2, 0.25) is 0 Å². The molecule has 2 rings (SSSR count). The molecule has 2 aromatic rings. The number of aryl methyl sites for hydroxylation is 2. The van der Waals surface area contributed by atoms with Gasteiger partial charge in [-0.1, -0.05) is 57.7 Å². The van der Waals surface area contributed by atoms with Crippen molar-refractivity contribution in [2.75, 3.05) is 12.0 Å². The second kappa shape index (κ2) is 9.22. The molecule has 3 amide bonds. The van der Waals surface area contributed by atoms with E-state index in [9.17, 15) is 9.59 Å². The summed E-state index contributed by atoms with van der Waals surface area (Å²) in [6.07, 6.45) is 3.36. The highest BCUT2D eigenvalue weighted by molar-refractivity contribution is 5.99. The number of carbonyl (C=O) groups is 2. The Morgan fingerprint density at radius 2 is 1.86 bits per heavy atom. The predicted octanol–water partition coefficient (Wildman–Crippen LogP) is 4.59. The molecule has 0 heterocycles. The van der Waals surface area contributed by atoms with Crippen LogP contribution in [0.4, 0.5) is 10.5 Å². The Morgan fingerprint density at radius 3 is 2.39 bits per heavy atom. The van der Waals surface area contributed by atoms with E-state index < -0.39 is 6.03 Å². The van der Waals surface area contributed by atoms with Crippen LogP contribution in [0.5, 0.6) is 5.75 Å². The minimum Gasteiger partial charge on any atom is -0.496 e. The van der Waals surface area contributed by atoms with Crippen molar-refractivity contribution in [3.05, 3.63) is 71.9 Å². The van der Waals surface area contributed by atoms with Crippen LogP contribution in [0.3, 0.4) is 0 Å². The third-order valence-electron chi connectivity index (χ3n) is 4.55. The van der Waals surface area contributed by atoms with Crippen LogP contribution in [0.1, 0.15) is 37.5 Å². The molecule has 0 saturated heterocycles. The number of nitrogens with zero attached hydrogens (tertiary/aromatic N) is 1. The van der Waals surface area contributed by atoms with Crippen LogP contribution in [0, 0.1) is 0 Å². The Balaban J connectivity index is 2.52. The summed E-state index contributed by atoms with van der Waals surface area (Å²) in [5.41, 5.74) is 3.66. The van der Waals surface area contributed by atoms with E-state index in [1.54, 1.807) is 7.11 Å². The molecular formula is C23H28N2O3. The molecule has 0 bridgehead atoms. The number of anilines is 1. The fourth-order valence-electron chi connectivity index (χ4n) is 3.14. The summed E-state index contributed by atoms with van der Waals surface area (Å²) in [5.74, 6) is 0.826. The average molecular weight is 380 g/mol. The van der Waals surface area contributed by atoms with Crippen LogP contribution < -0.4 is 15.0 Å². The fourth-order valence-corrected chi connectivity index (χ4v) is 3.14. The number of nitrogens with one attached hydrogen (secondary N) is 1. The molecule has 0 aliphatic rings. The normalized spacial score (nSPS) is 10.9. The molecule has 0 atom stereocenters. The SMILES string of the molecule is C=CN(C(=O)NC=O)c1cc(CCc2ccccc2)c(OC)c(C(C)(C)C)c1. The van der Waals surface area contributed by atoms with Gasteiger partial charge in [0, 0.05) is 11.8 Å². The lowest BCUT2D eigenvalue weighted by Gasteiger charge is -2.27. The van der Waals surface area contributed by atoms with Crippen molar-refractivity contribution in [2.45, 2.75) is 39.0 Å². The van der Waals surface area contributed by atoms with Gasteiger partial charge in [0.25, 0.3) is 0 Å². The number of methoxy groups -OCH3 is 1. The summed E-state index contributed by atoms with van der Waals surface area (Å²) in [4.78, 5) is 24.3. The number of rotatable bonds is 7. The summed E-state index contributed by atoms with van der Waals surface area (Å²) in [5, 5.41) is 2.16. The maximum Gasteiger partial charge on any atom is 0.332 e.